The van der Waals surface area contributed by atoms with Crippen LogP contribution >= 0.6 is 15.9 Å². The number of methoxy groups -OCH3 is 1. The number of nitrogens with zero attached hydrogens (tertiary/aromatic N) is 1. The first-order valence-electron chi connectivity index (χ1n) is 7.47. The summed E-state index contributed by atoms with van der Waals surface area (Å²) in [6.45, 7) is 0.0210. The largest absolute Gasteiger partial charge is 0.497 e. The van der Waals surface area contributed by atoms with Crippen LogP contribution in [0.3, 0.4) is 0 Å². The molecule has 1 atom stereocenters. The summed E-state index contributed by atoms with van der Waals surface area (Å²) in [5, 5.41) is 11.8. The summed E-state index contributed by atoms with van der Waals surface area (Å²) >= 11 is 3.19. The van der Waals surface area contributed by atoms with Crippen molar-refractivity contribution in [3.63, 3.8) is 0 Å². The van der Waals surface area contributed by atoms with Crippen molar-refractivity contribution < 1.29 is 27.8 Å². The molecule has 0 fully saturated rings. The lowest BCUT2D eigenvalue weighted by atomic mass is 9.96. The number of benzene rings is 2. The molecule has 1 aliphatic rings. The minimum absolute atomic E-state index is 0.0210. The molecule has 2 N–H and O–H groups in total. The van der Waals surface area contributed by atoms with E-state index < -0.39 is 23.5 Å². The Morgan fingerprint density at radius 2 is 1.88 bits per heavy atom. The zero-order valence-electron chi connectivity index (χ0n) is 13.5. The van der Waals surface area contributed by atoms with Crippen molar-refractivity contribution in [2.45, 2.75) is 18.4 Å². The van der Waals surface area contributed by atoms with Gasteiger partial charge in [-0.25, -0.2) is 4.79 Å². The number of carbonyl (C=O) groups excluding carboxylic acids is 1. The van der Waals surface area contributed by atoms with E-state index in [0.29, 0.717) is 15.8 Å². The van der Waals surface area contributed by atoms with Gasteiger partial charge in [0.25, 0.3) is 5.72 Å². The Morgan fingerprint density at radius 1 is 1.23 bits per heavy atom. The van der Waals surface area contributed by atoms with Crippen LogP contribution in [0.1, 0.15) is 11.1 Å². The summed E-state index contributed by atoms with van der Waals surface area (Å²) in [6.07, 6.45) is -5.07. The van der Waals surface area contributed by atoms with Gasteiger partial charge in [-0.2, -0.15) is 13.2 Å². The maximum Gasteiger partial charge on any atom is 0.441 e. The molecular weight excluding hydrogens is 417 g/mol. The molecule has 9 heteroatoms. The molecule has 5 nitrogen and oxygen atoms in total. The Morgan fingerprint density at radius 3 is 2.46 bits per heavy atom. The molecule has 1 heterocycles. The summed E-state index contributed by atoms with van der Waals surface area (Å²) in [4.78, 5) is 13.5. The topological polar surface area (TPSA) is 61.8 Å². The number of rotatable bonds is 3. The van der Waals surface area contributed by atoms with Gasteiger partial charge in [0.1, 0.15) is 5.75 Å². The van der Waals surface area contributed by atoms with Gasteiger partial charge >= 0.3 is 12.2 Å². The standard InChI is InChI=1S/C17H14BrF3N2O3/c1-26-12-5-2-10(3-6-12)9-23-14-8-11(18)4-7-13(14)16(25,17(19,20)21)22-15(23)24/h2-8,25H,9H2,1H3,(H,22,24). The van der Waals surface area contributed by atoms with E-state index in [-0.39, 0.29) is 12.2 Å². The lowest BCUT2D eigenvalue weighted by Gasteiger charge is -2.41. The molecule has 0 radical (unpaired) electrons. The second kappa shape index (κ2) is 6.48. The van der Waals surface area contributed by atoms with Gasteiger partial charge in [-0.1, -0.05) is 34.1 Å². The third-order valence-corrected chi connectivity index (χ3v) is 4.58. The van der Waals surface area contributed by atoms with Gasteiger partial charge in [-0.15, -0.1) is 0 Å². The van der Waals surface area contributed by atoms with Crippen molar-refractivity contribution in [2.75, 3.05) is 12.0 Å². The van der Waals surface area contributed by atoms with E-state index in [9.17, 15) is 23.1 Å². The molecule has 2 aromatic carbocycles. The van der Waals surface area contributed by atoms with Crippen LogP contribution in [0, 0.1) is 0 Å². The van der Waals surface area contributed by atoms with Crippen molar-refractivity contribution in [3.8, 4) is 5.75 Å². The lowest BCUT2D eigenvalue weighted by Crippen LogP contribution is -2.62. The van der Waals surface area contributed by atoms with Crippen molar-refractivity contribution in [1.82, 2.24) is 5.32 Å². The molecule has 0 saturated carbocycles. The number of hydrogen-bond acceptors (Lipinski definition) is 3. The molecule has 1 aliphatic heterocycles. The fraction of sp³-hybridized carbons (Fsp3) is 0.235. The van der Waals surface area contributed by atoms with Gasteiger partial charge in [0.15, 0.2) is 0 Å². The molecule has 2 aromatic rings. The van der Waals surface area contributed by atoms with E-state index in [1.54, 1.807) is 29.6 Å². The molecule has 0 aliphatic carbocycles. The normalized spacial score (nSPS) is 19.8. The monoisotopic (exact) mass is 430 g/mol. The van der Waals surface area contributed by atoms with Gasteiger partial charge in [0.2, 0.25) is 0 Å². The van der Waals surface area contributed by atoms with Crippen molar-refractivity contribution in [2.24, 2.45) is 0 Å². The molecule has 1 unspecified atom stereocenters. The fourth-order valence-electron chi connectivity index (χ4n) is 2.73. The van der Waals surface area contributed by atoms with Crippen LogP contribution in [-0.4, -0.2) is 24.4 Å². The number of fused-ring (bicyclic) bond motifs is 1. The second-order valence-electron chi connectivity index (χ2n) is 5.73. The van der Waals surface area contributed by atoms with E-state index in [1.165, 1.54) is 19.2 Å². The van der Waals surface area contributed by atoms with Crippen LogP contribution in [0.2, 0.25) is 0 Å². The highest BCUT2D eigenvalue weighted by Gasteiger charge is 2.60. The first-order chi connectivity index (χ1) is 12.2. The van der Waals surface area contributed by atoms with Crippen LogP contribution < -0.4 is 15.0 Å². The Labute approximate surface area is 155 Å². The average Bonchev–Trinajstić information content (AvgIpc) is 2.58. The number of aliphatic hydroxyl groups is 1. The quantitative estimate of drug-likeness (QED) is 0.776. The molecule has 0 saturated heterocycles. The molecule has 0 spiro atoms. The third kappa shape index (κ3) is 3.12. The number of carbonyl (C=O) groups is 1. The van der Waals surface area contributed by atoms with E-state index in [2.05, 4.69) is 15.9 Å². The molecule has 0 aromatic heterocycles. The van der Waals surface area contributed by atoms with E-state index in [1.807, 2.05) is 0 Å². The zero-order valence-corrected chi connectivity index (χ0v) is 15.1. The Kier molecular flexibility index (Phi) is 4.61. The maximum atomic E-state index is 13.4. The number of ether oxygens (including phenoxy) is 1. The molecule has 3 rings (SSSR count). The van der Waals surface area contributed by atoms with Gasteiger partial charge in [0, 0.05) is 10.0 Å². The highest BCUT2D eigenvalue weighted by molar-refractivity contribution is 9.10. The number of halogens is 4. The minimum Gasteiger partial charge on any atom is -0.497 e. The number of anilines is 1. The Balaban J connectivity index is 2.05. The highest BCUT2D eigenvalue weighted by atomic mass is 79.9. The van der Waals surface area contributed by atoms with Crippen LogP contribution in [0.4, 0.5) is 23.7 Å². The fourth-order valence-corrected chi connectivity index (χ4v) is 3.08. The SMILES string of the molecule is COc1ccc(CN2C(=O)NC(O)(C(F)(F)F)c3ccc(Br)cc32)cc1. The summed E-state index contributed by atoms with van der Waals surface area (Å²) in [5.74, 6) is 0.617. The van der Waals surface area contributed by atoms with Crippen molar-refractivity contribution in [1.29, 1.82) is 0 Å². The number of amides is 2. The predicted octanol–water partition coefficient (Wildman–Crippen LogP) is 3.89. The number of nitrogens with one attached hydrogen (secondary N) is 1. The lowest BCUT2D eigenvalue weighted by molar-refractivity contribution is -0.275. The van der Waals surface area contributed by atoms with Crippen LogP contribution in [0.5, 0.6) is 5.75 Å². The Bertz CT molecular complexity index is 842. The molecule has 138 valence electrons. The summed E-state index contributed by atoms with van der Waals surface area (Å²) in [6, 6.07) is 9.60. The van der Waals surface area contributed by atoms with Gasteiger partial charge in [-0.3, -0.25) is 10.2 Å². The predicted molar refractivity (Wildman–Crippen MR) is 91.8 cm³/mol. The van der Waals surface area contributed by atoms with E-state index in [4.69, 9.17) is 4.74 Å². The molecular formula is C17H14BrF3N2O3. The van der Waals surface area contributed by atoms with Crippen molar-refractivity contribution in [3.05, 3.63) is 58.1 Å². The molecule has 0 bridgehead atoms. The molecule has 2 amide bonds. The number of alkyl halides is 3. The first kappa shape index (κ1) is 18.5. The number of hydrogen-bond donors (Lipinski definition) is 2. The zero-order chi connectivity index (χ0) is 19.1. The summed E-state index contributed by atoms with van der Waals surface area (Å²) < 4.78 is 45.8. The first-order valence-corrected chi connectivity index (χ1v) is 8.27. The third-order valence-electron chi connectivity index (χ3n) is 4.08. The average molecular weight is 431 g/mol. The minimum atomic E-state index is -5.07. The second-order valence-corrected chi connectivity index (χ2v) is 6.65. The van der Waals surface area contributed by atoms with Crippen LogP contribution in [0.25, 0.3) is 0 Å². The smallest absolute Gasteiger partial charge is 0.441 e. The van der Waals surface area contributed by atoms with Crippen LogP contribution in [0.15, 0.2) is 46.9 Å². The summed E-state index contributed by atoms with van der Waals surface area (Å²) in [7, 11) is 1.51. The summed E-state index contributed by atoms with van der Waals surface area (Å²) in [5.41, 5.74) is -3.24. The maximum absolute atomic E-state index is 13.4. The van der Waals surface area contributed by atoms with Crippen LogP contribution in [-0.2, 0) is 12.3 Å². The van der Waals surface area contributed by atoms with Crippen molar-refractivity contribution >= 4 is 27.6 Å². The van der Waals surface area contributed by atoms with Gasteiger partial charge in [-0.05, 0) is 29.8 Å². The van der Waals surface area contributed by atoms with E-state index in [0.717, 1.165) is 11.0 Å². The number of urea groups is 1. The van der Waals surface area contributed by atoms with Gasteiger partial charge in [0.05, 0.1) is 19.3 Å². The Hall–Kier alpha value is -2.26. The van der Waals surface area contributed by atoms with Gasteiger partial charge < -0.3 is 9.84 Å². The highest BCUT2D eigenvalue weighted by Crippen LogP contribution is 2.44. The van der Waals surface area contributed by atoms with E-state index >= 15 is 0 Å². The molecule has 26 heavy (non-hydrogen) atoms.